The summed E-state index contributed by atoms with van der Waals surface area (Å²) in [5, 5.41) is 17.8. The van der Waals surface area contributed by atoms with E-state index in [-0.39, 0.29) is 18.9 Å². The van der Waals surface area contributed by atoms with E-state index in [1.807, 2.05) is 30.3 Å². The Morgan fingerprint density at radius 3 is 2.43 bits per heavy atom. The molecule has 0 aliphatic rings. The summed E-state index contributed by atoms with van der Waals surface area (Å²) in [6.45, 7) is 0.0988. The topological polar surface area (TPSA) is 77.1 Å². The summed E-state index contributed by atoms with van der Waals surface area (Å²) in [6, 6.07) is 19.9. The van der Waals surface area contributed by atoms with Gasteiger partial charge in [-0.3, -0.25) is 4.79 Å². The Hall–Kier alpha value is -3.31. The Kier molecular flexibility index (Phi) is 5.74. The molecule has 2 aromatic rings. The molecule has 5 nitrogen and oxygen atoms in total. The average Bonchev–Trinajstić information content (AvgIpc) is 2.61. The second-order valence-electron chi connectivity index (χ2n) is 4.69. The maximum atomic E-state index is 12.4. The molecule has 0 fully saturated rings. The van der Waals surface area contributed by atoms with Crippen molar-refractivity contribution < 1.29 is 9.53 Å². The summed E-state index contributed by atoms with van der Waals surface area (Å²) in [4.78, 5) is 13.9. The molecule has 0 spiro atoms. The number of carbonyl (C=O) groups is 1. The Morgan fingerprint density at radius 1 is 1.04 bits per heavy atom. The molecule has 1 amide bonds. The number of amides is 1. The first-order chi connectivity index (χ1) is 11.3. The van der Waals surface area contributed by atoms with E-state index >= 15 is 0 Å². The molecular weight excluding hydrogens is 290 g/mol. The maximum absolute atomic E-state index is 12.4. The molecule has 0 aliphatic heterocycles. The summed E-state index contributed by atoms with van der Waals surface area (Å²) in [5.41, 5.74) is 1.09. The molecule has 114 valence electrons. The van der Waals surface area contributed by atoms with Crippen LogP contribution >= 0.6 is 0 Å². The quantitative estimate of drug-likeness (QED) is 0.822. The first-order valence-electron chi connectivity index (χ1n) is 7.10. The van der Waals surface area contributed by atoms with Crippen molar-refractivity contribution in [3.05, 3.63) is 60.2 Å². The van der Waals surface area contributed by atoms with Crippen LogP contribution in [0.4, 0.5) is 5.69 Å². The SMILES string of the molecule is N#CCCN(C(=O)COc1ccccc1C#N)c1ccccc1. The van der Waals surface area contributed by atoms with Crippen LogP contribution < -0.4 is 9.64 Å². The standard InChI is InChI=1S/C18H15N3O2/c19-11-6-12-21(16-8-2-1-3-9-16)18(22)14-23-17-10-5-4-7-15(17)13-20/h1-5,7-10H,6,12,14H2. The van der Waals surface area contributed by atoms with Gasteiger partial charge in [0.05, 0.1) is 18.1 Å². The lowest BCUT2D eigenvalue weighted by Gasteiger charge is -2.22. The molecule has 5 heteroatoms. The van der Waals surface area contributed by atoms with Crippen molar-refractivity contribution >= 4 is 11.6 Å². The number of benzene rings is 2. The molecule has 0 saturated carbocycles. The van der Waals surface area contributed by atoms with Gasteiger partial charge in [-0.05, 0) is 24.3 Å². The number of nitriles is 2. The van der Waals surface area contributed by atoms with Crippen molar-refractivity contribution in [2.75, 3.05) is 18.1 Å². The van der Waals surface area contributed by atoms with Gasteiger partial charge in [-0.2, -0.15) is 10.5 Å². The molecule has 0 saturated heterocycles. The Morgan fingerprint density at radius 2 is 1.74 bits per heavy atom. The van der Waals surface area contributed by atoms with E-state index in [2.05, 4.69) is 0 Å². The fourth-order valence-electron chi connectivity index (χ4n) is 2.07. The highest BCUT2D eigenvalue weighted by Crippen LogP contribution is 2.18. The van der Waals surface area contributed by atoms with Crippen molar-refractivity contribution in [1.29, 1.82) is 10.5 Å². The largest absolute Gasteiger partial charge is 0.482 e. The molecule has 0 heterocycles. The number of hydrogen-bond acceptors (Lipinski definition) is 4. The van der Waals surface area contributed by atoms with Gasteiger partial charge >= 0.3 is 0 Å². The van der Waals surface area contributed by atoms with Crippen LogP contribution in [-0.2, 0) is 4.79 Å². The first kappa shape index (κ1) is 16.1. The van der Waals surface area contributed by atoms with Gasteiger partial charge in [0.1, 0.15) is 11.8 Å². The molecule has 0 unspecified atom stereocenters. The predicted molar refractivity (Wildman–Crippen MR) is 85.7 cm³/mol. The third kappa shape index (κ3) is 4.33. The molecule has 0 N–H and O–H groups in total. The summed E-state index contributed by atoms with van der Waals surface area (Å²) in [5.74, 6) is 0.107. The van der Waals surface area contributed by atoms with Crippen LogP contribution in [0.25, 0.3) is 0 Å². The molecule has 2 aromatic carbocycles. The van der Waals surface area contributed by atoms with E-state index < -0.39 is 0 Å². The third-order valence-corrected chi connectivity index (χ3v) is 3.17. The summed E-state index contributed by atoms with van der Waals surface area (Å²) < 4.78 is 5.48. The van der Waals surface area contributed by atoms with Gasteiger partial charge < -0.3 is 9.64 Å². The van der Waals surface area contributed by atoms with Crippen molar-refractivity contribution in [3.8, 4) is 17.9 Å². The highest BCUT2D eigenvalue weighted by atomic mass is 16.5. The van der Waals surface area contributed by atoms with Crippen molar-refractivity contribution in [1.82, 2.24) is 0 Å². The molecule has 0 aromatic heterocycles. The van der Waals surface area contributed by atoms with E-state index in [1.54, 1.807) is 36.4 Å². The zero-order valence-corrected chi connectivity index (χ0v) is 12.5. The zero-order chi connectivity index (χ0) is 16.5. The van der Waals surface area contributed by atoms with E-state index in [4.69, 9.17) is 15.3 Å². The Labute approximate surface area is 134 Å². The third-order valence-electron chi connectivity index (χ3n) is 3.17. The van der Waals surface area contributed by atoms with Crippen LogP contribution in [0.3, 0.4) is 0 Å². The van der Waals surface area contributed by atoms with E-state index in [1.165, 1.54) is 4.90 Å². The Bertz CT molecular complexity index is 745. The molecule has 0 aliphatic carbocycles. The summed E-state index contributed by atoms with van der Waals surface area (Å²) >= 11 is 0. The molecular formula is C18H15N3O2. The fourth-order valence-corrected chi connectivity index (χ4v) is 2.07. The smallest absolute Gasteiger partial charge is 0.264 e. The van der Waals surface area contributed by atoms with Crippen LogP contribution in [0.2, 0.25) is 0 Å². The van der Waals surface area contributed by atoms with Crippen LogP contribution in [0.15, 0.2) is 54.6 Å². The summed E-state index contributed by atoms with van der Waals surface area (Å²) in [7, 11) is 0. The average molecular weight is 305 g/mol. The molecule has 2 rings (SSSR count). The lowest BCUT2D eigenvalue weighted by atomic mass is 10.2. The van der Waals surface area contributed by atoms with Crippen LogP contribution in [-0.4, -0.2) is 19.1 Å². The van der Waals surface area contributed by atoms with Crippen molar-refractivity contribution in [2.45, 2.75) is 6.42 Å². The number of para-hydroxylation sites is 2. The zero-order valence-electron chi connectivity index (χ0n) is 12.5. The monoisotopic (exact) mass is 305 g/mol. The van der Waals surface area contributed by atoms with Gasteiger partial charge in [0.15, 0.2) is 6.61 Å². The van der Waals surface area contributed by atoms with Crippen LogP contribution in [0.5, 0.6) is 5.75 Å². The summed E-state index contributed by atoms with van der Waals surface area (Å²) in [6.07, 6.45) is 0.232. The highest BCUT2D eigenvalue weighted by Gasteiger charge is 2.16. The van der Waals surface area contributed by atoms with Gasteiger partial charge in [-0.15, -0.1) is 0 Å². The van der Waals surface area contributed by atoms with Gasteiger partial charge in [-0.25, -0.2) is 0 Å². The van der Waals surface area contributed by atoms with Crippen LogP contribution in [0.1, 0.15) is 12.0 Å². The molecule has 0 radical (unpaired) electrons. The van der Waals surface area contributed by atoms with Gasteiger partial charge in [-0.1, -0.05) is 30.3 Å². The number of nitrogens with zero attached hydrogens (tertiary/aromatic N) is 3. The minimum Gasteiger partial charge on any atom is -0.482 e. The van der Waals surface area contributed by atoms with Gasteiger partial charge in [0.25, 0.3) is 5.91 Å². The predicted octanol–water partition coefficient (Wildman–Crippen LogP) is 2.88. The molecule has 0 atom stereocenters. The van der Waals surface area contributed by atoms with Crippen molar-refractivity contribution in [2.24, 2.45) is 0 Å². The van der Waals surface area contributed by atoms with Crippen LogP contribution in [0, 0.1) is 22.7 Å². The van der Waals surface area contributed by atoms with E-state index in [0.717, 1.165) is 0 Å². The number of anilines is 1. The second kappa shape index (κ2) is 8.21. The van der Waals surface area contributed by atoms with Gasteiger partial charge in [0, 0.05) is 12.2 Å². The molecule has 0 bridgehead atoms. The normalized spacial score (nSPS) is 9.48. The minimum absolute atomic E-state index is 0.195. The number of carbonyl (C=O) groups excluding carboxylic acids is 1. The first-order valence-corrected chi connectivity index (χ1v) is 7.10. The second-order valence-corrected chi connectivity index (χ2v) is 4.69. The lowest BCUT2D eigenvalue weighted by molar-refractivity contribution is -0.120. The lowest BCUT2D eigenvalue weighted by Crippen LogP contribution is -2.35. The number of rotatable bonds is 6. The minimum atomic E-state index is -0.265. The number of hydrogen-bond donors (Lipinski definition) is 0. The maximum Gasteiger partial charge on any atom is 0.264 e. The molecule has 23 heavy (non-hydrogen) atoms. The van der Waals surface area contributed by atoms with Crippen molar-refractivity contribution in [3.63, 3.8) is 0 Å². The Balaban J connectivity index is 2.09. The fraction of sp³-hybridized carbons (Fsp3) is 0.167. The number of ether oxygens (including phenoxy) is 1. The van der Waals surface area contributed by atoms with Gasteiger partial charge in [0.2, 0.25) is 0 Å². The van der Waals surface area contributed by atoms with E-state index in [9.17, 15) is 4.79 Å². The highest BCUT2D eigenvalue weighted by molar-refractivity contribution is 5.94. The van der Waals surface area contributed by atoms with E-state index in [0.29, 0.717) is 23.5 Å².